The third kappa shape index (κ3) is 2.41. The number of aromatic nitrogens is 1. The molecule has 3 nitrogen and oxygen atoms in total. The van der Waals surface area contributed by atoms with E-state index in [0.29, 0.717) is 6.54 Å². The summed E-state index contributed by atoms with van der Waals surface area (Å²) in [4.78, 5) is 6.56. The lowest BCUT2D eigenvalue weighted by molar-refractivity contribution is 0.587. The molecule has 1 aliphatic rings. The summed E-state index contributed by atoms with van der Waals surface area (Å²) in [7, 11) is 0. The largest absolute Gasteiger partial charge is 0.363 e. The fourth-order valence-electron chi connectivity index (χ4n) is 3.11. The van der Waals surface area contributed by atoms with Gasteiger partial charge in [-0.3, -0.25) is 4.98 Å². The van der Waals surface area contributed by atoms with Crippen LogP contribution in [0.3, 0.4) is 0 Å². The predicted octanol–water partition coefficient (Wildman–Crippen LogP) is 2.84. The standard InChI is InChI=1S/C17H21N3/c1-13-4-5-16-15(11-13)3-2-10-20(16)17(12-18)14-6-8-19-9-7-14/h4-9,11,17H,2-3,10,12,18H2,1H3. The molecule has 0 spiro atoms. The van der Waals surface area contributed by atoms with Gasteiger partial charge in [-0.2, -0.15) is 0 Å². The summed E-state index contributed by atoms with van der Waals surface area (Å²) in [6.45, 7) is 3.85. The van der Waals surface area contributed by atoms with Gasteiger partial charge in [-0.05, 0) is 49.1 Å². The van der Waals surface area contributed by atoms with Crippen molar-refractivity contribution in [3.05, 3.63) is 59.4 Å². The van der Waals surface area contributed by atoms with Crippen LogP contribution in [0, 0.1) is 6.92 Å². The van der Waals surface area contributed by atoms with Crippen molar-refractivity contribution in [1.82, 2.24) is 4.98 Å². The van der Waals surface area contributed by atoms with Gasteiger partial charge in [-0.1, -0.05) is 17.7 Å². The smallest absolute Gasteiger partial charge is 0.0665 e. The van der Waals surface area contributed by atoms with E-state index in [4.69, 9.17) is 5.73 Å². The van der Waals surface area contributed by atoms with Crippen LogP contribution in [0.25, 0.3) is 0 Å². The van der Waals surface area contributed by atoms with E-state index in [9.17, 15) is 0 Å². The van der Waals surface area contributed by atoms with Gasteiger partial charge >= 0.3 is 0 Å². The van der Waals surface area contributed by atoms with Crippen molar-refractivity contribution in [1.29, 1.82) is 0 Å². The van der Waals surface area contributed by atoms with Crippen molar-refractivity contribution in [3.63, 3.8) is 0 Å². The maximum absolute atomic E-state index is 6.06. The Kier molecular flexibility index (Phi) is 3.70. The zero-order valence-corrected chi connectivity index (χ0v) is 11.9. The molecule has 0 amide bonds. The van der Waals surface area contributed by atoms with Crippen LogP contribution in [0.15, 0.2) is 42.7 Å². The Hall–Kier alpha value is -1.87. The third-order valence-corrected chi connectivity index (χ3v) is 4.08. The van der Waals surface area contributed by atoms with E-state index in [1.165, 1.54) is 35.2 Å². The summed E-state index contributed by atoms with van der Waals surface area (Å²) in [5.41, 5.74) is 11.4. The Bertz CT molecular complexity index is 580. The van der Waals surface area contributed by atoms with Gasteiger partial charge in [0, 0.05) is 31.2 Å². The van der Waals surface area contributed by atoms with Crippen LogP contribution >= 0.6 is 0 Å². The monoisotopic (exact) mass is 267 g/mol. The van der Waals surface area contributed by atoms with E-state index in [2.05, 4.69) is 47.1 Å². The Morgan fingerprint density at radius 3 is 2.80 bits per heavy atom. The van der Waals surface area contributed by atoms with Crippen molar-refractivity contribution in [2.24, 2.45) is 5.73 Å². The molecule has 0 saturated carbocycles. The van der Waals surface area contributed by atoms with Gasteiger partial charge in [-0.15, -0.1) is 0 Å². The minimum atomic E-state index is 0.236. The van der Waals surface area contributed by atoms with Gasteiger partial charge < -0.3 is 10.6 Å². The van der Waals surface area contributed by atoms with Crippen molar-refractivity contribution < 1.29 is 0 Å². The SMILES string of the molecule is Cc1ccc2c(c1)CCCN2C(CN)c1ccncc1. The second-order valence-corrected chi connectivity index (χ2v) is 5.46. The first-order chi connectivity index (χ1) is 9.79. The summed E-state index contributed by atoms with van der Waals surface area (Å²) in [5.74, 6) is 0. The molecule has 1 aromatic heterocycles. The number of anilines is 1. The summed E-state index contributed by atoms with van der Waals surface area (Å²) < 4.78 is 0. The highest BCUT2D eigenvalue weighted by atomic mass is 15.2. The highest BCUT2D eigenvalue weighted by Crippen LogP contribution is 2.34. The Labute approximate surface area is 120 Å². The zero-order valence-electron chi connectivity index (χ0n) is 11.9. The number of fused-ring (bicyclic) bond motifs is 1. The number of hydrogen-bond donors (Lipinski definition) is 1. The molecule has 0 saturated heterocycles. The summed E-state index contributed by atoms with van der Waals surface area (Å²) >= 11 is 0. The summed E-state index contributed by atoms with van der Waals surface area (Å²) in [6, 6.07) is 11.1. The summed E-state index contributed by atoms with van der Waals surface area (Å²) in [6.07, 6.45) is 6.05. The minimum Gasteiger partial charge on any atom is -0.363 e. The molecule has 1 unspecified atom stereocenters. The van der Waals surface area contributed by atoms with E-state index < -0.39 is 0 Å². The molecule has 0 aliphatic carbocycles. The van der Waals surface area contributed by atoms with Gasteiger partial charge in [0.25, 0.3) is 0 Å². The Morgan fingerprint density at radius 2 is 2.05 bits per heavy atom. The first-order valence-corrected chi connectivity index (χ1v) is 7.26. The van der Waals surface area contributed by atoms with Gasteiger partial charge in [0.05, 0.1) is 6.04 Å². The number of pyridine rings is 1. The summed E-state index contributed by atoms with van der Waals surface area (Å²) in [5, 5.41) is 0. The predicted molar refractivity (Wildman–Crippen MR) is 82.9 cm³/mol. The second kappa shape index (κ2) is 5.63. The van der Waals surface area contributed by atoms with Crippen molar-refractivity contribution >= 4 is 5.69 Å². The fraction of sp³-hybridized carbons (Fsp3) is 0.353. The number of nitrogens with two attached hydrogens (primary N) is 1. The normalized spacial score (nSPS) is 15.8. The highest BCUT2D eigenvalue weighted by molar-refractivity contribution is 5.58. The quantitative estimate of drug-likeness (QED) is 0.930. The molecular formula is C17H21N3. The van der Waals surface area contributed by atoms with E-state index in [1.807, 2.05) is 12.4 Å². The maximum atomic E-state index is 6.06. The van der Waals surface area contributed by atoms with Crippen molar-refractivity contribution in [3.8, 4) is 0 Å². The molecule has 104 valence electrons. The third-order valence-electron chi connectivity index (χ3n) is 4.08. The Morgan fingerprint density at radius 1 is 1.25 bits per heavy atom. The molecule has 0 fully saturated rings. The molecule has 2 heterocycles. The molecular weight excluding hydrogens is 246 g/mol. The van der Waals surface area contributed by atoms with Crippen LogP contribution in [0.1, 0.15) is 29.2 Å². The van der Waals surface area contributed by atoms with E-state index in [-0.39, 0.29) is 6.04 Å². The number of rotatable bonds is 3. The number of aryl methyl sites for hydroxylation is 2. The van der Waals surface area contributed by atoms with Gasteiger partial charge in [-0.25, -0.2) is 0 Å². The Balaban J connectivity index is 1.98. The van der Waals surface area contributed by atoms with E-state index in [1.54, 1.807) is 0 Å². The molecule has 20 heavy (non-hydrogen) atoms. The van der Waals surface area contributed by atoms with Crippen LogP contribution in [-0.2, 0) is 6.42 Å². The molecule has 1 aromatic carbocycles. The first kappa shape index (κ1) is 13.1. The van der Waals surface area contributed by atoms with Crippen LogP contribution < -0.4 is 10.6 Å². The lowest BCUT2D eigenvalue weighted by atomic mass is 9.96. The van der Waals surface area contributed by atoms with E-state index in [0.717, 1.165) is 6.54 Å². The van der Waals surface area contributed by atoms with Crippen LogP contribution in [0.5, 0.6) is 0 Å². The lowest BCUT2D eigenvalue weighted by Crippen LogP contribution is -2.37. The molecule has 3 heteroatoms. The fourth-order valence-corrected chi connectivity index (χ4v) is 3.11. The first-order valence-electron chi connectivity index (χ1n) is 7.26. The van der Waals surface area contributed by atoms with Crippen molar-refractivity contribution in [2.75, 3.05) is 18.0 Å². The van der Waals surface area contributed by atoms with Crippen LogP contribution in [0.2, 0.25) is 0 Å². The highest BCUT2D eigenvalue weighted by Gasteiger charge is 2.24. The van der Waals surface area contributed by atoms with E-state index >= 15 is 0 Å². The topological polar surface area (TPSA) is 42.1 Å². The van der Waals surface area contributed by atoms with Gasteiger partial charge in [0.2, 0.25) is 0 Å². The molecule has 1 atom stereocenters. The molecule has 2 aromatic rings. The maximum Gasteiger partial charge on any atom is 0.0665 e. The minimum absolute atomic E-state index is 0.236. The average Bonchev–Trinajstić information content (AvgIpc) is 2.49. The van der Waals surface area contributed by atoms with Crippen molar-refractivity contribution in [2.45, 2.75) is 25.8 Å². The van der Waals surface area contributed by atoms with Gasteiger partial charge in [0.15, 0.2) is 0 Å². The zero-order chi connectivity index (χ0) is 13.9. The second-order valence-electron chi connectivity index (χ2n) is 5.46. The van der Waals surface area contributed by atoms with Crippen LogP contribution in [-0.4, -0.2) is 18.1 Å². The number of hydrogen-bond acceptors (Lipinski definition) is 3. The number of benzene rings is 1. The van der Waals surface area contributed by atoms with Crippen LogP contribution in [0.4, 0.5) is 5.69 Å². The van der Waals surface area contributed by atoms with Gasteiger partial charge in [0.1, 0.15) is 0 Å². The average molecular weight is 267 g/mol. The molecule has 2 N–H and O–H groups in total. The molecule has 0 radical (unpaired) electrons. The molecule has 0 bridgehead atoms. The molecule has 3 rings (SSSR count). The molecule has 1 aliphatic heterocycles. The number of nitrogens with zero attached hydrogens (tertiary/aromatic N) is 2. The lowest BCUT2D eigenvalue weighted by Gasteiger charge is -2.38.